The van der Waals surface area contributed by atoms with Gasteiger partial charge in [0.15, 0.2) is 0 Å². The summed E-state index contributed by atoms with van der Waals surface area (Å²) < 4.78 is 1.87. The summed E-state index contributed by atoms with van der Waals surface area (Å²) in [5, 5.41) is 20.6. The molecule has 8 heteroatoms. The molecule has 3 aromatic rings. The fourth-order valence-corrected chi connectivity index (χ4v) is 3.00. The molecule has 0 unspecified atom stereocenters. The highest BCUT2D eigenvalue weighted by Gasteiger charge is 2.22. The number of halogens is 2. The number of aromatic carboxylic acids is 1. The summed E-state index contributed by atoms with van der Waals surface area (Å²) >= 11 is 0. The van der Waals surface area contributed by atoms with Crippen molar-refractivity contribution in [1.29, 1.82) is 0 Å². The van der Waals surface area contributed by atoms with E-state index < -0.39 is 5.97 Å². The molecule has 2 aromatic heterocycles. The Morgan fingerprint density at radius 2 is 1.96 bits per heavy atom. The Kier molecular flexibility index (Phi) is 7.03. The lowest BCUT2D eigenvalue weighted by Gasteiger charge is -2.12. The lowest BCUT2D eigenvalue weighted by atomic mass is 10.0. The summed E-state index contributed by atoms with van der Waals surface area (Å²) in [6, 6.07) is 6.99. The lowest BCUT2D eigenvalue weighted by Crippen LogP contribution is -2.16. The molecule has 0 bridgehead atoms. The molecule has 0 aliphatic carbocycles. The van der Waals surface area contributed by atoms with Crippen LogP contribution in [0.25, 0.3) is 22.0 Å². The number of carboxylic acids is 1. The van der Waals surface area contributed by atoms with E-state index in [0.717, 1.165) is 11.1 Å². The van der Waals surface area contributed by atoms with Crippen LogP contribution in [-0.2, 0) is 13.6 Å². The van der Waals surface area contributed by atoms with E-state index in [1.165, 1.54) is 6.07 Å². The maximum atomic E-state index is 11.8. The van der Waals surface area contributed by atoms with Crippen molar-refractivity contribution in [2.45, 2.75) is 6.54 Å². The van der Waals surface area contributed by atoms with Crippen LogP contribution in [0.4, 0.5) is 0 Å². The number of pyridine rings is 1. The van der Waals surface area contributed by atoms with Crippen molar-refractivity contribution in [3.05, 3.63) is 47.9 Å². The van der Waals surface area contributed by atoms with Crippen LogP contribution >= 0.6 is 24.8 Å². The number of carboxylic acid groups (broad SMARTS) is 1. The average molecular weight is 398 g/mol. The number of hydrogen-bond acceptors (Lipinski definition) is 4. The van der Waals surface area contributed by atoms with Crippen LogP contribution in [0.2, 0.25) is 0 Å². The third-order valence-electron chi connectivity index (χ3n) is 4.09. The van der Waals surface area contributed by atoms with E-state index in [1.807, 2.05) is 42.7 Å². The first-order valence-electron chi connectivity index (χ1n) is 7.53. The third-order valence-corrected chi connectivity index (χ3v) is 4.09. The molecule has 0 aliphatic rings. The predicted molar refractivity (Wildman–Crippen MR) is 107 cm³/mol. The molecule has 0 atom stereocenters. The van der Waals surface area contributed by atoms with E-state index in [0.29, 0.717) is 23.2 Å². The Labute approximate surface area is 163 Å². The maximum absolute atomic E-state index is 11.8. The molecule has 26 heavy (non-hydrogen) atoms. The van der Waals surface area contributed by atoms with E-state index in [4.69, 9.17) is 0 Å². The fraction of sp³-hybridized carbons (Fsp3) is 0.222. The molecule has 0 fully saturated rings. The second kappa shape index (κ2) is 8.40. The number of phenols is 1. The van der Waals surface area contributed by atoms with Gasteiger partial charge in [-0.25, -0.2) is 4.79 Å². The fourth-order valence-electron chi connectivity index (χ4n) is 3.00. The summed E-state index contributed by atoms with van der Waals surface area (Å²) in [6.45, 7) is 0.496. The van der Waals surface area contributed by atoms with Gasteiger partial charge in [-0.15, -0.1) is 24.8 Å². The minimum absolute atomic E-state index is 0. The number of aromatic hydroxyl groups is 1. The van der Waals surface area contributed by atoms with E-state index in [2.05, 4.69) is 4.98 Å². The van der Waals surface area contributed by atoms with Crippen molar-refractivity contribution in [3.8, 4) is 16.9 Å². The molecular weight excluding hydrogens is 377 g/mol. The summed E-state index contributed by atoms with van der Waals surface area (Å²) in [7, 11) is 5.63. The Hall–Kier alpha value is -2.28. The zero-order valence-corrected chi connectivity index (χ0v) is 16.3. The van der Waals surface area contributed by atoms with Crippen molar-refractivity contribution >= 4 is 41.7 Å². The Morgan fingerprint density at radius 1 is 1.27 bits per heavy atom. The van der Waals surface area contributed by atoms with E-state index in [1.54, 1.807) is 18.5 Å². The third kappa shape index (κ3) is 3.77. The zero-order valence-electron chi connectivity index (χ0n) is 14.6. The van der Waals surface area contributed by atoms with Crippen molar-refractivity contribution in [2.24, 2.45) is 7.05 Å². The lowest BCUT2D eigenvalue weighted by molar-refractivity contribution is 0.0696. The van der Waals surface area contributed by atoms with Crippen LogP contribution in [0.5, 0.6) is 5.75 Å². The van der Waals surface area contributed by atoms with Crippen molar-refractivity contribution in [2.75, 3.05) is 14.1 Å². The smallest absolute Gasteiger partial charge is 0.338 e. The number of aryl methyl sites for hydroxylation is 1. The molecule has 0 saturated carbocycles. The van der Waals surface area contributed by atoms with Gasteiger partial charge in [0.1, 0.15) is 5.75 Å². The topological polar surface area (TPSA) is 78.6 Å². The van der Waals surface area contributed by atoms with Gasteiger partial charge in [-0.05, 0) is 32.3 Å². The number of carbonyl (C=O) groups is 1. The van der Waals surface area contributed by atoms with Gasteiger partial charge < -0.3 is 19.7 Å². The van der Waals surface area contributed by atoms with Crippen molar-refractivity contribution in [3.63, 3.8) is 0 Å². The highest BCUT2D eigenvalue weighted by molar-refractivity contribution is 6.06. The number of benzene rings is 1. The summed E-state index contributed by atoms with van der Waals surface area (Å²) in [6.07, 6.45) is 3.34. The molecule has 0 aliphatic heterocycles. The second-order valence-corrected chi connectivity index (χ2v) is 6.05. The number of hydrogen-bond donors (Lipinski definition) is 2. The van der Waals surface area contributed by atoms with Crippen LogP contribution in [-0.4, -0.2) is 44.7 Å². The minimum atomic E-state index is -0.994. The van der Waals surface area contributed by atoms with Gasteiger partial charge in [0.25, 0.3) is 0 Å². The Bertz CT molecular complexity index is 925. The number of fused-ring (bicyclic) bond motifs is 1. The Morgan fingerprint density at radius 3 is 2.50 bits per heavy atom. The number of rotatable bonds is 4. The molecule has 2 heterocycles. The van der Waals surface area contributed by atoms with Gasteiger partial charge in [0.05, 0.1) is 5.56 Å². The van der Waals surface area contributed by atoms with Crippen LogP contribution in [0, 0.1) is 0 Å². The molecule has 0 radical (unpaired) electrons. The van der Waals surface area contributed by atoms with Crippen molar-refractivity contribution < 1.29 is 15.0 Å². The number of aromatic nitrogens is 2. The molecule has 0 amide bonds. The number of nitrogens with zero attached hydrogens (tertiary/aromatic N) is 3. The predicted octanol–water partition coefficient (Wildman–Crippen LogP) is 3.55. The van der Waals surface area contributed by atoms with Gasteiger partial charge in [0.2, 0.25) is 0 Å². The summed E-state index contributed by atoms with van der Waals surface area (Å²) in [5.74, 6) is -0.953. The first kappa shape index (κ1) is 21.8. The first-order chi connectivity index (χ1) is 11.4. The SMILES string of the molecule is CN(C)Cc1c(C(=O)O)c2cc(O)c(-c3cccnc3)cc2n1C.Cl.Cl. The highest BCUT2D eigenvalue weighted by Crippen LogP contribution is 2.36. The van der Waals surface area contributed by atoms with Crippen LogP contribution < -0.4 is 0 Å². The largest absolute Gasteiger partial charge is 0.507 e. The van der Waals surface area contributed by atoms with Gasteiger partial charge in [-0.3, -0.25) is 4.98 Å². The van der Waals surface area contributed by atoms with Crippen LogP contribution in [0.1, 0.15) is 16.1 Å². The van der Waals surface area contributed by atoms with Crippen LogP contribution in [0.3, 0.4) is 0 Å². The first-order valence-corrected chi connectivity index (χ1v) is 7.53. The minimum Gasteiger partial charge on any atom is -0.507 e. The standard InChI is InChI=1S/C18H19N3O3.2ClH/c1-20(2)10-15-17(18(23)24)13-8-16(22)12(7-14(13)21(15)3)11-5-4-6-19-9-11;;/h4-9,22H,10H2,1-3H3,(H,23,24);2*1H. The quantitative estimate of drug-likeness (QED) is 0.703. The highest BCUT2D eigenvalue weighted by atomic mass is 35.5. The maximum Gasteiger partial charge on any atom is 0.338 e. The van der Waals surface area contributed by atoms with Crippen LogP contribution in [0.15, 0.2) is 36.7 Å². The number of phenolic OH excluding ortho intramolecular Hbond substituents is 1. The van der Waals surface area contributed by atoms with E-state index in [9.17, 15) is 15.0 Å². The molecule has 1 aromatic carbocycles. The van der Waals surface area contributed by atoms with Gasteiger partial charge in [0, 0.05) is 53.7 Å². The van der Waals surface area contributed by atoms with Gasteiger partial charge in [-0.1, -0.05) is 6.07 Å². The Balaban J connectivity index is 0.00000169. The molecule has 6 nitrogen and oxygen atoms in total. The molecule has 3 rings (SSSR count). The molecule has 0 spiro atoms. The normalized spacial score (nSPS) is 10.5. The van der Waals surface area contributed by atoms with E-state index in [-0.39, 0.29) is 36.1 Å². The molecule has 0 saturated heterocycles. The molecular formula is C18H21Cl2N3O3. The average Bonchev–Trinajstić information content (AvgIpc) is 2.79. The molecule has 140 valence electrons. The second-order valence-electron chi connectivity index (χ2n) is 6.05. The van der Waals surface area contributed by atoms with E-state index >= 15 is 0 Å². The summed E-state index contributed by atoms with van der Waals surface area (Å²) in [5.41, 5.74) is 3.11. The van der Waals surface area contributed by atoms with Gasteiger partial charge in [-0.2, -0.15) is 0 Å². The molecule has 2 N–H and O–H groups in total. The zero-order chi connectivity index (χ0) is 17.4. The van der Waals surface area contributed by atoms with Crippen molar-refractivity contribution in [1.82, 2.24) is 14.5 Å². The van der Waals surface area contributed by atoms with Gasteiger partial charge >= 0.3 is 5.97 Å². The monoisotopic (exact) mass is 397 g/mol. The summed E-state index contributed by atoms with van der Waals surface area (Å²) in [4.78, 5) is 17.8.